The fraction of sp³-hybridized carbons (Fsp3) is 1.00. The van der Waals surface area contributed by atoms with Crippen molar-refractivity contribution in [3.8, 4) is 0 Å². The van der Waals surface area contributed by atoms with E-state index in [2.05, 4.69) is 29.8 Å². The zero-order valence-electron chi connectivity index (χ0n) is 8.01. The van der Waals surface area contributed by atoms with Crippen molar-refractivity contribution in [2.45, 2.75) is 32.7 Å². The summed E-state index contributed by atoms with van der Waals surface area (Å²) in [6.45, 7) is 5.96. The standard InChI is InChI=1S/C8H19BrO2Si/c1-3-6-10-12(8-5-9)11-7-4-2/h12H,3-8H2,1-2H3. The maximum atomic E-state index is 5.62. The molecule has 4 heteroatoms. The van der Waals surface area contributed by atoms with E-state index in [4.69, 9.17) is 8.85 Å². The van der Waals surface area contributed by atoms with E-state index in [-0.39, 0.29) is 0 Å². The molecule has 0 fully saturated rings. The van der Waals surface area contributed by atoms with E-state index >= 15 is 0 Å². The molecule has 2 nitrogen and oxygen atoms in total. The van der Waals surface area contributed by atoms with Crippen molar-refractivity contribution < 1.29 is 8.85 Å². The molecular weight excluding hydrogens is 236 g/mol. The van der Waals surface area contributed by atoms with Crippen LogP contribution in [-0.2, 0) is 8.85 Å². The van der Waals surface area contributed by atoms with Gasteiger partial charge in [-0.1, -0.05) is 29.8 Å². The van der Waals surface area contributed by atoms with Gasteiger partial charge in [-0.05, 0) is 18.9 Å². The summed E-state index contributed by atoms with van der Waals surface area (Å²) in [5, 5.41) is 0.997. The molecule has 0 unspecified atom stereocenters. The van der Waals surface area contributed by atoms with Gasteiger partial charge in [0.25, 0.3) is 0 Å². The SMILES string of the molecule is CCCO[SiH](CCBr)OCCC. The summed E-state index contributed by atoms with van der Waals surface area (Å²) >= 11 is 3.41. The molecule has 0 aliphatic heterocycles. The van der Waals surface area contributed by atoms with Gasteiger partial charge in [-0.2, -0.15) is 0 Å². The summed E-state index contributed by atoms with van der Waals surface area (Å²) in [5.41, 5.74) is 0. The fourth-order valence-corrected chi connectivity index (χ4v) is 3.53. The smallest absolute Gasteiger partial charge is 0.322 e. The monoisotopic (exact) mass is 254 g/mol. The molecule has 0 radical (unpaired) electrons. The molecule has 0 saturated heterocycles. The predicted octanol–water partition coefficient (Wildman–Crippen LogP) is 2.46. The summed E-state index contributed by atoms with van der Waals surface area (Å²) in [7, 11) is -1.32. The molecule has 0 aromatic heterocycles. The molecule has 0 aromatic carbocycles. The van der Waals surface area contributed by atoms with Crippen LogP contribution in [0.5, 0.6) is 0 Å². The maximum Gasteiger partial charge on any atom is 0.322 e. The van der Waals surface area contributed by atoms with Crippen LogP contribution in [0.2, 0.25) is 6.04 Å². The molecule has 0 aliphatic carbocycles. The van der Waals surface area contributed by atoms with Crippen LogP contribution in [0.25, 0.3) is 0 Å². The molecule has 74 valence electrons. The van der Waals surface area contributed by atoms with E-state index in [1.807, 2.05) is 0 Å². The molecule has 0 atom stereocenters. The van der Waals surface area contributed by atoms with Gasteiger partial charge in [0.05, 0.1) is 0 Å². The van der Waals surface area contributed by atoms with Gasteiger partial charge in [-0.15, -0.1) is 0 Å². The average Bonchev–Trinajstić information content (AvgIpc) is 2.10. The largest absolute Gasteiger partial charge is 0.397 e. The predicted molar refractivity (Wildman–Crippen MR) is 58.2 cm³/mol. The van der Waals surface area contributed by atoms with Gasteiger partial charge < -0.3 is 8.85 Å². The number of halogens is 1. The second kappa shape index (κ2) is 9.70. The summed E-state index contributed by atoms with van der Waals surface area (Å²) < 4.78 is 11.2. The lowest BCUT2D eigenvalue weighted by Gasteiger charge is -2.14. The van der Waals surface area contributed by atoms with Crippen LogP contribution in [0, 0.1) is 0 Å². The molecule has 0 amide bonds. The number of alkyl halides is 1. The Morgan fingerprint density at radius 3 is 1.92 bits per heavy atom. The Labute approximate surface area is 85.6 Å². The zero-order valence-corrected chi connectivity index (χ0v) is 10.8. The summed E-state index contributed by atoms with van der Waals surface area (Å²) in [6.07, 6.45) is 2.17. The van der Waals surface area contributed by atoms with Gasteiger partial charge in [0.2, 0.25) is 0 Å². The van der Waals surface area contributed by atoms with Crippen molar-refractivity contribution in [3.05, 3.63) is 0 Å². The highest BCUT2D eigenvalue weighted by atomic mass is 79.9. The highest BCUT2D eigenvalue weighted by Gasteiger charge is 2.10. The minimum atomic E-state index is -1.32. The number of rotatable bonds is 8. The Morgan fingerprint density at radius 2 is 1.58 bits per heavy atom. The van der Waals surface area contributed by atoms with Crippen molar-refractivity contribution in [3.63, 3.8) is 0 Å². The third-order valence-corrected chi connectivity index (χ3v) is 4.64. The zero-order chi connectivity index (χ0) is 9.23. The van der Waals surface area contributed by atoms with Crippen molar-refractivity contribution in [1.29, 1.82) is 0 Å². The first-order valence-electron chi connectivity index (χ1n) is 4.64. The average molecular weight is 255 g/mol. The molecule has 0 bridgehead atoms. The van der Waals surface area contributed by atoms with Crippen molar-refractivity contribution in [2.24, 2.45) is 0 Å². The van der Waals surface area contributed by atoms with E-state index in [1.54, 1.807) is 0 Å². The van der Waals surface area contributed by atoms with Crippen LogP contribution >= 0.6 is 15.9 Å². The Kier molecular flexibility index (Phi) is 10.2. The quantitative estimate of drug-likeness (QED) is 0.490. The van der Waals surface area contributed by atoms with Gasteiger partial charge in [-0.3, -0.25) is 0 Å². The second-order valence-corrected chi connectivity index (χ2v) is 5.54. The van der Waals surface area contributed by atoms with Gasteiger partial charge >= 0.3 is 9.28 Å². The van der Waals surface area contributed by atoms with E-state index in [0.717, 1.165) is 37.4 Å². The van der Waals surface area contributed by atoms with Gasteiger partial charge in [0.15, 0.2) is 0 Å². The Morgan fingerprint density at radius 1 is 1.08 bits per heavy atom. The molecule has 0 heterocycles. The lowest BCUT2D eigenvalue weighted by molar-refractivity contribution is 0.198. The van der Waals surface area contributed by atoms with Crippen LogP contribution in [0.15, 0.2) is 0 Å². The minimum absolute atomic E-state index is 0.855. The van der Waals surface area contributed by atoms with Crippen LogP contribution < -0.4 is 0 Å². The molecule has 12 heavy (non-hydrogen) atoms. The Balaban J connectivity index is 3.40. The molecular formula is C8H19BrO2Si. The third-order valence-electron chi connectivity index (χ3n) is 1.36. The lowest BCUT2D eigenvalue weighted by Crippen LogP contribution is -2.24. The van der Waals surface area contributed by atoms with Crippen molar-refractivity contribution >= 4 is 25.2 Å². The molecule has 0 rings (SSSR count). The molecule has 0 aromatic rings. The van der Waals surface area contributed by atoms with Crippen molar-refractivity contribution in [1.82, 2.24) is 0 Å². The Hall–Kier alpha value is 0.617. The highest BCUT2D eigenvalue weighted by Crippen LogP contribution is 2.01. The topological polar surface area (TPSA) is 18.5 Å². The highest BCUT2D eigenvalue weighted by molar-refractivity contribution is 9.09. The first-order chi connectivity index (χ1) is 5.85. The first-order valence-corrected chi connectivity index (χ1v) is 7.52. The van der Waals surface area contributed by atoms with Crippen LogP contribution in [-0.4, -0.2) is 27.8 Å². The third kappa shape index (κ3) is 7.28. The summed E-state index contributed by atoms with van der Waals surface area (Å²) in [6, 6.07) is 1.07. The second-order valence-electron chi connectivity index (χ2n) is 2.65. The molecule has 0 saturated carbocycles. The first kappa shape index (κ1) is 12.6. The van der Waals surface area contributed by atoms with Crippen LogP contribution in [0.3, 0.4) is 0 Å². The molecule has 0 aliphatic rings. The summed E-state index contributed by atoms with van der Waals surface area (Å²) in [5.74, 6) is 0. The maximum absolute atomic E-state index is 5.62. The fourth-order valence-electron chi connectivity index (χ4n) is 0.802. The van der Waals surface area contributed by atoms with Gasteiger partial charge in [-0.25, -0.2) is 0 Å². The molecule has 0 spiro atoms. The van der Waals surface area contributed by atoms with Crippen LogP contribution in [0.4, 0.5) is 0 Å². The minimum Gasteiger partial charge on any atom is -0.397 e. The summed E-state index contributed by atoms with van der Waals surface area (Å²) in [4.78, 5) is 0. The van der Waals surface area contributed by atoms with E-state index < -0.39 is 9.28 Å². The normalized spacial score (nSPS) is 11.0. The van der Waals surface area contributed by atoms with Crippen molar-refractivity contribution in [2.75, 3.05) is 18.5 Å². The van der Waals surface area contributed by atoms with Gasteiger partial charge in [0, 0.05) is 18.5 Å². The lowest BCUT2D eigenvalue weighted by atomic mass is 10.5. The van der Waals surface area contributed by atoms with Crippen LogP contribution in [0.1, 0.15) is 26.7 Å². The molecule has 0 N–H and O–H groups in total. The Bertz CT molecular complexity index is 85.1. The van der Waals surface area contributed by atoms with E-state index in [9.17, 15) is 0 Å². The van der Waals surface area contributed by atoms with E-state index in [0.29, 0.717) is 0 Å². The van der Waals surface area contributed by atoms with Gasteiger partial charge in [0.1, 0.15) is 0 Å². The number of hydrogen-bond acceptors (Lipinski definition) is 2. The number of hydrogen-bond donors (Lipinski definition) is 0. The van der Waals surface area contributed by atoms with E-state index in [1.165, 1.54) is 0 Å².